The predicted octanol–water partition coefficient (Wildman–Crippen LogP) is 7.53. The quantitative estimate of drug-likeness (QED) is 0.172. The first-order valence-corrected chi connectivity index (χ1v) is 16.1. The van der Waals surface area contributed by atoms with Crippen molar-refractivity contribution in [3.63, 3.8) is 0 Å². The van der Waals surface area contributed by atoms with Crippen LogP contribution in [0.15, 0.2) is 66.6 Å². The molecule has 0 unspecified atom stereocenters. The van der Waals surface area contributed by atoms with Crippen molar-refractivity contribution in [1.29, 1.82) is 0 Å². The summed E-state index contributed by atoms with van der Waals surface area (Å²) in [5.74, 6) is -1.14. The highest BCUT2D eigenvalue weighted by molar-refractivity contribution is 7.18. The second-order valence-electron chi connectivity index (χ2n) is 11.9. The highest BCUT2D eigenvalue weighted by atomic mass is 32.1. The highest BCUT2D eigenvalue weighted by Gasteiger charge is 2.28. The number of nitrogens with zero attached hydrogens (tertiary/aromatic N) is 5. The van der Waals surface area contributed by atoms with Crippen LogP contribution in [0, 0.1) is 5.82 Å². The fourth-order valence-electron chi connectivity index (χ4n) is 6.44. The number of pyridine rings is 1. The molecule has 0 radical (unpaired) electrons. The van der Waals surface area contributed by atoms with Gasteiger partial charge in [0.15, 0.2) is 0 Å². The van der Waals surface area contributed by atoms with Gasteiger partial charge in [-0.05, 0) is 73.2 Å². The van der Waals surface area contributed by atoms with Crippen LogP contribution in [0.1, 0.15) is 30.7 Å². The van der Waals surface area contributed by atoms with Crippen molar-refractivity contribution < 1.29 is 22.7 Å². The first-order chi connectivity index (χ1) is 22.2. The van der Waals surface area contributed by atoms with Crippen molar-refractivity contribution in [1.82, 2.24) is 24.6 Å². The Morgan fingerprint density at radius 3 is 2.65 bits per heavy atom. The van der Waals surface area contributed by atoms with Gasteiger partial charge >= 0.3 is 6.61 Å². The van der Waals surface area contributed by atoms with Crippen LogP contribution in [0.5, 0.6) is 5.75 Å². The number of halogens is 3. The molecule has 0 N–H and O–H groups in total. The van der Waals surface area contributed by atoms with E-state index in [9.17, 15) is 18.0 Å². The molecule has 0 saturated carbocycles. The van der Waals surface area contributed by atoms with Gasteiger partial charge in [0.2, 0.25) is 5.91 Å². The minimum atomic E-state index is -3.15. The van der Waals surface area contributed by atoms with Gasteiger partial charge in [0.05, 0.1) is 24.5 Å². The molecule has 2 aromatic carbocycles. The average molecular weight is 644 g/mol. The number of carbonyl (C=O) groups excluding carboxylic acids is 1. The molecule has 0 spiro atoms. The van der Waals surface area contributed by atoms with E-state index < -0.39 is 12.4 Å². The van der Waals surface area contributed by atoms with E-state index in [2.05, 4.69) is 43.5 Å². The fraction of sp³-hybridized carbons (Fsp3) is 0.286. The number of benzene rings is 2. The molecule has 7 rings (SSSR count). The van der Waals surface area contributed by atoms with Gasteiger partial charge < -0.3 is 9.64 Å². The summed E-state index contributed by atoms with van der Waals surface area (Å²) in [6.07, 6.45) is 2.22. The zero-order valence-electron chi connectivity index (χ0n) is 25.5. The zero-order chi connectivity index (χ0) is 32.1. The molecule has 0 bridgehead atoms. The molecule has 2 aliphatic heterocycles. The molecule has 236 valence electrons. The van der Waals surface area contributed by atoms with Gasteiger partial charge in [0, 0.05) is 58.5 Å². The number of aromatic nitrogens is 3. The minimum Gasteiger partial charge on any atom is -0.434 e. The van der Waals surface area contributed by atoms with Gasteiger partial charge in [0.1, 0.15) is 23.0 Å². The molecule has 0 saturated heterocycles. The summed E-state index contributed by atoms with van der Waals surface area (Å²) in [5.41, 5.74) is 6.88. The van der Waals surface area contributed by atoms with Gasteiger partial charge in [-0.1, -0.05) is 18.7 Å². The smallest absolute Gasteiger partial charge is 0.387 e. The van der Waals surface area contributed by atoms with Crippen molar-refractivity contribution in [3.05, 3.63) is 89.2 Å². The number of carbonyl (C=O) groups is 1. The lowest BCUT2D eigenvalue weighted by atomic mass is 9.93. The lowest BCUT2D eigenvalue weighted by molar-refractivity contribution is -0.127. The van der Waals surface area contributed by atoms with E-state index in [1.807, 2.05) is 22.2 Å². The summed E-state index contributed by atoms with van der Waals surface area (Å²) in [5, 5.41) is 7.67. The number of rotatable bonds is 7. The van der Waals surface area contributed by atoms with Crippen LogP contribution < -0.4 is 4.74 Å². The third-order valence-corrected chi connectivity index (χ3v) is 9.75. The first kappa shape index (κ1) is 30.2. The molecule has 5 heterocycles. The van der Waals surface area contributed by atoms with Crippen molar-refractivity contribution in [2.45, 2.75) is 52.6 Å². The summed E-state index contributed by atoms with van der Waals surface area (Å²) >= 11 is 1.45. The Labute approximate surface area is 268 Å². The van der Waals surface area contributed by atoms with E-state index in [-0.39, 0.29) is 17.2 Å². The van der Waals surface area contributed by atoms with Gasteiger partial charge in [-0.25, -0.2) is 9.37 Å². The predicted molar refractivity (Wildman–Crippen MR) is 173 cm³/mol. The number of alkyl halides is 2. The molecular weight excluding hydrogens is 611 g/mol. The van der Waals surface area contributed by atoms with E-state index >= 15 is 0 Å². The number of hydrogen-bond donors (Lipinski definition) is 0. The Kier molecular flexibility index (Phi) is 7.90. The third-order valence-electron chi connectivity index (χ3n) is 8.82. The van der Waals surface area contributed by atoms with Gasteiger partial charge in [-0.2, -0.15) is 13.9 Å². The molecule has 0 fully saturated rings. The highest BCUT2D eigenvalue weighted by Crippen LogP contribution is 2.46. The van der Waals surface area contributed by atoms with E-state index in [1.54, 1.807) is 4.90 Å². The Balaban J connectivity index is 1.43. The second kappa shape index (κ2) is 12.0. The first-order valence-electron chi connectivity index (χ1n) is 15.2. The summed E-state index contributed by atoms with van der Waals surface area (Å²) in [6.45, 7) is 8.04. The number of ether oxygens (including phenoxy) is 1. The molecule has 0 aliphatic carbocycles. The van der Waals surface area contributed by atoms with Crippen molar-refractivity contribution in [2.75, 3.05) is 13.1 Å². The Bertz CT molecular complexity index is 1980. The molecule has 46 heavy (non-hydrogen) atoms. The SMILES string of the molecule is C=CC(=O)N1CCn2nc(-c3nc(-c4ccc5c(c4)CCN(C(C)C)C5)c4ccsc4c3-c3ccc(F)cc3OC(F)F)cc2C1. The average Bonchev–Trinajstić information content (AvgIpc) is 3.70. The monoisotopic (exact) mass is 643 g/mol. The summed E-state index contributed by atoms with van der Waals surface area (Å²) in [4.78, 5) is 21.7. The van der Waals surface area contributed by atoms with Gasteiger partial charge in [0.25, 0.3) is 0 Å². The molecule has 3 aromatic heterocycles. The van der Waals surface area contributed by atoms with E-state index in [0.717, 1.165) is 52.6 Å². The normalized spacial score (nSPS) is 15.0. The van der Waals surface area contributed by atoms with Crippen LogP contribution in [0.4, 0.5) is 13.2 Å². The minimum absolute atomic E-state index is 0.167. The number of hydrogen-bond acceptors (Lipinski definition) is 6. The Morgan fingerprint density at radius 1 is 1.02 bits per heavy atom. The molecule has 1 amide bonds. The van der Waals surface area contributed by atoms with Crippen LogP contribution in [0.3, 0.4) is 0 Å². The largest absolute Gasteiger partial charge is 0.434 e. The molecule has 5 aromatic rings. The van der Waals surface area contributed by atoms with Crippen LogP contribution >= 0.6 is 11.3 Å². The second-order valence-corrected chi connectivity index (χ2v) is 12.8. The van der Waals surface area contributed by atoms with E-state index in [4.69, 9.17) is 14.8 Å². The van der Waals surface area contributed by atoms with Crippen LogP contribution in [-0.2, 0) is 30.8 Å². The maximum atomic E-state index is 14.4. The molecule has 11 heteroatoms. The summed E-state index contributed by atoms with van der Waals surface area (Å²) < 4.78 is 49.0. The molecule has 0 atom stereocenters. The van der Waals surface area contributed by atoms with E-state index in [0.29, 0.717) is 42.6 Å². The zero-order valence-corrected chi connectivity index (χ0v) is 26.3. The Hall–Kier alpha value is -4.48. The standard InChI is InChI=1S/C35H32F3N5O2S/c1-4-30(44)42-12-13-43-25(19-42)17-28(40-43)33-31(26-8-7-24(36)16-29(26)45-35(37)38)34-27(10-14-46-34)32(39-33)22-5-6-23-18-41(20(2)3)11-9-21(23)15-22/h4-8,10,14-17,20,35H,1,9,11-13,18-19H2,2-3H3. The lowest BCUT2D eigenvalue weighted by Gasteiger charge is -2.32. The third kappa shape index (κ3) is 5.47. The maximum absolute atomic E-state index is 14.4. The summed E-state index contributed by atoms with van der Waals surface area (Å²) in [7, 11) is 0. The summed E-state index contributed by atoms with van der Waals surface area (Å²) in [6, 6.07) is 14.4. The number of amides is 1. The molecular formula is C35H32F3N5O2S. The van der Waals surface area contributed by atoms with Crippen LogP contribution in [0.25, 0.3) is 43.9 Å². The lowest BCUT2D eigenvalue weighted by Crippen LogP contribution is -2.37. The maximum Gasteiger partial charge on any atom is 0.387 e. The Morgan fingerprint density at radius 2 is 1.87 bits per heavy atom. The topological polar surface area (TPSA) is 63.5 Å². The molecule has 2 aliphatic rings. The van der Waals surface area contributed by atoms with Crippen LogP contribution in [-0.4, -0.2) is 56.2 Å². The number of thiophene rings is 1. The van der Waals surface area contributed by atoms with Crippen LogP contribution in [0.2, 0.25) is 0 Å². The van der Waals surface area contributed by atoms with Crippen molar-refractivity contribution in [3.8, 4) is 39.5 Å². The van der Waals surface area contributed by atoms with Gasteiger partial charge in [-0.3, -0.25) is 14.4 Å². The molecule has 7 nitrogen and oxygen atoms in total. The van der Waals surface area contributed by atoms with Crippen molar-refractivity contribution in [2.24, 2.45) is 0 Å². The van der Waals surface area contributed by atoms with Gasteiger partial charge in [-0.15, -0.1) is 11.3 Å². The number of fused-ring (bicyclic) bond motifs is 3. The van der Waals surface area contributed by atoms with E-state index in [1.165, 1.54) is 40.7 Å². The van der Waals surface area contributed by atoms with Crippen molar-refractivity contribution >= 4 is 27.3 Å². The fourth-order valence-corrected chi connectivity index (χ4v) is 7.39.